The molecule has 0 amide bonds. The molecule has 1 aliphatic carbocycles. The summed E-state index contributed by atoms with van der Waals surface area (Å²) in [6.45, 7) is 7.55. The van der Waals surface area contributed by atoms with Crippen LogP contribution >= 0.6 is 0 Å². The topological polar surface area (TPSA) is 18.5 Å². The van der Waals surface area contributed by atoms with Gasteiger partial charge in [0.05, 0.1) is 0 Å². The first-order valence-electron chi connectivity index (χ1n) is 7.80. The molecule has 18 heavy (non-hydrogen) atoms. The van der Waals surface area contributed by atoms with Crippen molar-refractivity contribution in [3.05, 3.63) is 0 Å². The van der Waals surface area contributed by atoms with Gasteiger partial charge in [-0.15, -0.1) is 0 Å². The third-order valence-corrected chi connectivity index (χ3v) is 4.87. The van der Waals surface area contributed by atoms with E-state index in [1.165, 1.54) is 77.8 Å². The van der Waals surface area contributed by atoms with Gasteiger partial charge in [-0.3, -0.25) is 0 Å². The van der Waals surface area contributed by atoms with Crippen molar-refractivity contribution in [2.45, 2.75) is 38.5 Å². The van der Waals surface area contributed by atoms with Crippen LogP contribution in [0, 0.1) is 5.41 Å². The summed E-state index contributed by atoms with van der Waals surface area (Å²) in [6.07, 6.45) is 8.65. The third kappa shape index (κ3) is 3.94. The Morgan fingerprint density at radius 1 is 0.944 bits per heavy atom. The van der Waals surface area contributed by atoms with Crippen molar-refractivity contribution in [1.29, 1.82) is 0 Å². The highest BCUT2D eigenvalue weighted by Gasteiger charge is 2.32. The maximum atomic E-state index is 3.47. The van der Waals surface area contributed by atoms with E-state index >= 15 is 0 Å². The second-order valence-corrected chi connectivity index (χ2v) is 6.52. The molecule has 2 rings (SSSR count). The monoisotopic (exact) mass is 253 g/mol. The van der Waals surface area contributed by atoms with Gasteiger partial charge in [-0.1, -0.05) is 25.7 Å². The van der Waals surface area contributed by atoms with Crippen LogP contribution in [0.25, 0.3) is 0 Å². The minimum Gasteiger partial charge on any atom is -0.319 e. The van der Waals surface area contributed by atoms with E-state index in [-0.39, 0.29) is 0 Å². The average molecular weight is 253 g/mol. The predicted octanol–water partition coefficient (Wildman–Crippen LogP) is 1.79. The van der Waals surface area contributed by atoms with Crippen molar-refractivity contribution < 1.29 is 0 Å². The minimum absolute atomic E-state index is 0.557. The fourth-order valence-corrected chi connectivity index (χ4v) is 3.72. The number of nitrogens with zero attached hydrogens (tertiary/aromatic N) is 2. The lowest BCUT2D eigenvalue weighted by molar-refractivity contribution is 0.0851. The Morgan fingerprint density at radius 2 is 1.56 bits per heavy atom. The quantitative estimate of drug-likeness (QED) is 0.771. The van der Waals surface area contributed by atoms with Crippen LogP contribution in [0.5, 0.6) is 0 Å². The van der Waals surface area contributed by atoms with E-state index in [4.69, 9.17) is 0 Å². The molecule has 3 nitrogen and oxygen atoms in total. The van der Waals surface area contributed by atoms with Gasteiger partial charge in [-0.05, 0) is 32.4 Å². The molecule has 2 aliphatic rings. The van der Waals surface area contributed by atoms with Gasteiger partial charge in [-0.25, -0.2) is 0 Å². The van der Waals surface area contributed by atoms with Crippen LogP contribution in [0.15, 0.2) is 0 Å². The molecule has 0 aromatic carbocycles. The Morgan fingerprint density at radius 3 is 2.11 bits per heavy atom. The summed E-state index contributed by atoms with van der Waals surface area (Å²) in [4.78, 5) is 5.16. The van der Waals surface area contributed by atoms with Crippen LogP contribution in [0.1, 0.15) is 38.5 Å². The first-order valence-corrected chi connectivity index (χ1v) is 7.80. The highest BCUT2D eigenvalue weighted by atomic mass is 15.2. The molecule has 0 spiro atoms. The standard InChI is InChI=1S/C15H31N3/c1-16-13-15(7-5-3-4-6-8-15)14-18-11-9-17(2)10-12-18/h16H,3-14H2,1-2H3. The Balaban J connectivity index is 1.91. The lowest BCUT2D eigenvalue weighted by Gasteiger charge is -2.41. The van der Waals surface area contributed by atoms with Gasteiger partial charge in [0.1, 0.15) is 0 Å². The highest BCUT2D eigenvalue weighted by molar-refractivity contribution is 4.87. The fourth-order valence-electron chi connectivity index (χ4n) is 3.72. The molecule has 0 aromatic rings. The highest BCUT2D eigenvalue weighted by Crippen LogP contribution is 2.35. The van der Waals surface area contributed by atoms with Crippen LogP contribution in [0.3, 0.4) is 0 Å². The predicted molar refractivity (Wildman–Crippen MR) is 78.0 cm³/mol. The molecule has 2 fully saturated rings. The van der Waals surface area contributed by atoms with Gasteiger partial charge in [0, 0.05) is 39.3 Å². The van der Waals surface area contributed by atoms with Crippen molar-refractivity contribution >= 4 is 0 Å². The van der Waals surface area contributed by atoms with E-state index in [9.17, 15) is 0 Å². The zero-order valence-corrected chi connectivity index (χ0v) is 12.4. The molecular weight excluding hydrogens is 222 g/mol. The van der Waals surface area contributed by atoms with Gasteiger partial charge < -0.3 is 15.1 Å². The first kappa shape index (κ1) is 14.3. The number of likely N-dealkylation sites (N-methyl/N-ethyl adjacent to an activating group) is 1. The molecule has 1 heterocycles. The number of nitrogens with one attached hydrogen (secondary N) is 1. The van der Waals surface area contributed by atoms with Crippen molar-refractivity contribution in [1.82, 2.24) is 15.1 Å². The van der Waals surface area contributed by atoms with Crippen molar-refractivity contribution in [3.8, 4) is 0 Å². The first-order chi connectivity index (χ1) is 8.74. The fraction of sp³-hybridized carbons (Fsp3) is 1.00. The number of hydrogen-bond donors (Lipinski definition) is 1. The summed E-state index contributed by atoms with van der Waals surface area (Å²) >= 11 is 0. The smallest absolute Gasteiger partial charge is 0.0110 e. The lowest BCUT2D eigenvalue weighted by Crippen LogP contribution is -2.50. The molecule has 3 heteroatoms. The second kappa shape index (κ2) is 6.88. The van der Waals surface area contributed by atoms with Gasteiger partial charge in [0.15, 0.2) is 0 Å². The van der Waals surface area contributed by atoms with Crippen LogP contribution in [-0.2, 0) is 0 Å². The van der Waals surface area contributed by atoms with E-state index in [1.54, 1.807) is 0 Å². The Hall–Kier alpha value is -0.120. The largest absolute Gasteiger partial charge is 0.319 e. The van der Waals surface area contributed by atoms with E-state index in [0.717, 1.165) is 0 Å². The molecule has 1 saturated heterocycles. The summed E-state index contributed by atoms with van der Waals surface area (Å²) in [6, 6.07) is 0. The third-order valence-electron chi connectivity index (χ3n) is 4.87. The molecule has 1 aliphatic heterocycles. The van der Waals surface area contributed by atoms with E-state index in [0.29, 0.717) is 5.41 Å². The summed E-state index contributed by atoms with van der Waals surface area (Å²) in [5, 5.41) is 3.47. The Kier molecular flexibility index (Phi) is 5.46. The molecule has 0 radical (unpaired) electrons. The zero-order valence-electron chi connectivity index (χ0n) is 12.4. The van der Waals surface area contributed by atoms with E-state index in [2.05, 4.69) is 29.2 Å². The Bertz CT molecular complexity index is 226. The van der Waals surface area contributed by atoms with Crippen molar-refractivity contribution in [3.63, 3.8) is 0 Å². The van der Waals surface area contributed by atoms with Crippen LogP contribution in [0.4, 0.5) is 0 Å². The van der Waals surface area contributed by atoms with Crippen molar-refractivity contribution in [2.24, 2.45) is 5.41 Å². The summed E-state index contributed by atoms with van der Waals surface area (Å²) < 4.78 is 0. The SMILES string of the molecule is CNCC1(CN2CCN(C)CC2)CCCCCC1. The van der Waals surface area contributed by atoms with Gasteiger partial charge in [-0.2, -0.15) is 0 Å². The maximum Gasteiger partial charge on any atom is 0.0110 e. The normalized spacial score (nSPS) is 27.0. The molecule has 0 atom stereocenters. The van der Waals surface area contributed by atoms with Gasteiger partial charge >= 0.3 is 0 Å². The summed E-state index contributed by atoms with van der Waals surface area (Å²) in [5.41, 5.74) is 0.557. The number of piperazine rings is 1. The lowest BCUT2D eigenvalue weighted by atomic mass is 9.79. The van der Waals surface area contributed by atoms with Crippen LogP contribution < -0.4 is 5.32 Å². The average Bonchev–Trinajstić information content (AvgIpc) is 2.59. The Labute approximate surface area is 113 Å². The van der Waals surface area contributed by atoms with Crippen LogP contribution in [-0.4, -0.2) is 63.2 Å². The van der Waals surface area contributed by atoms with Gasteiger partial charge in [0.25, 0.3) is 0 Å². The molecule has 0 bridgehead atoms. The molecular formula is C15H31N3. The molecule has 0 aromatic heterocycles. The number of hydrogen-bond acceptors (Lipinski definition) is 3. The molecule has 1 N–H and O–H groups in total. The van der Waals surface area contributed by atoms with E-state index in [1.807, 2.05) is 0 Å². The molecule has 0 unspecified atom stereocenters. The zero-order chi connectivity index (χ0) is 12.8. The van der Waals surface area contributed by atoms with Crippen LogP contribution in [0.2, 0.25) is 0 Å². The maximum absolute atomic E-state index is 3.47. The second-order valence-electron chi connectivity index (χ2n) is 6.52. The summed E-state index contributed by atoms with van der Waals surface area (Å²) in [5.74, 6) is 0. The minimum atomic E-state index is 0.557. The van der Waals surface area contributed by atoms with Gasteiger partial charge in [0.2, 0.25) is 0 Å². The molecule has 106 valence electrons. The van der Waals surface area contributed by atoms with Crippen molar-refractivity contribution in [2.75, 3.05) is 53.4 Å². The molecule has 1 saturated carbocycles. The van der Waals surface area contributed by atoms with E-state index < -0.39 is 0 Å². The number of rotatable bonds is 4. The summed E-state index contributed by atoms with van der Waals surface area (Å²) in [7, 11) is 4.36.